The molecule has 35 heavy (non-hydrogen) atoms. The molecule has 2 N–H and O–H groups in total. The fourth-order valence-corrected chi connectivity index (χ4v) is 3.60. The number of benzene rings is 4. The molecule has 2 amide bonds. The fourth-order valence-electron chi connectivity index (χ4n) is 3.60. The Balaban J connectivity index is 1.22. The lowest BCUT2D eigenvalue weighted by Gasteiger charge is -2.09. The number of nitrogens with one attached hydrogen (secondary N) is 2. The highest BCUT2D eigenvalue weighted by atomic mass is 16.5. The number of anilines is 2. The van der Waals surface area contributed by atoms with Gasteiger partial charge >= 0.3 is 0 Å². The number of ether oxygens (including phenoxy) is 1. The van der Waals surface area contributed by atoms with Crippen LogP contribution in [0.3, 0.4) is 0 Å². The first-order valence-corrected chi connectivity index (χ1v) is 11.7. The summed E-state index contributed by atoms with van der Waals surface area (Å²) in [4.78, 5) is 24.8. The third-order valence-corrected chi connectivity index (χ3v) is 5.53. The first kappa shape index (κ1) is 23.8. The molecule has 0 saturated carbocycles. The maximum Gasteiger partial charge on any atom is 0.255 e. The number of hydrogen-bond acceptors (Lipinski definition) is 3. The van der Waals surface area contributed by atoms with Crippen LogP contribution in [0.15, 0.2) is 109 Å². The number of rotatable bonds is 10. The second-order valence-corrected chi connectivity index (χ2v) is 8.17. The first-order valence-electron chi connectivity index (χ1n) is 11.7. The van der Waals surface area contributed by atoms with Crippen LogP contribution >= 0.6 is 0 Å². The fraction of sp³-hybridized carbons (Fsp3) is 0.133. The molecule has 4 aromatic carbocycles. The van der Waals surface area contributed by atoms with Crippen LogP contribution in [-0.4, -0.2) is 18.4 Å². The Hall–Kier alpha value is -4.38. The van der Waals surface area contributed by atoms with Gasteiger partial charge in [0.25, 0.3) is 5.91 Å². The Kier molecular flexibility index (Phi) is 8.28. The Labute approximate surface area is 205 Å². The summed E-state index contributed by atoms with van der Waals surface area (Å²) in [6.07, 6.45) is 1.93. The Morgan fingerprint density at radius 2 is 1.14 bits per heavy atom. The van der Waals surface area contributed by atoms with Crippen LogP contribution in [0.4, 0.5) is 11.4 Å². The molecular formula is C30H28N2O3. The van der Waals surface area contributed by atoms with Gasteiger partial charge in [0.15, 0.2) is 0 Å². The molecule has 0 fully saturated rings. The second-order valence-electron chi connectivity index (χ2n) is 8.17. The van der Waals surface area contributed by atoms with Crippen molar-refractivity contribution in [2.24, 2.45) is 0 Å². The number of carbonyl (C=O) groups excluding carboxylic acids is 2. The number of aryl methyl sites for hydroxylation is 1. The van der Waals surface area contributed by atoms with Crippen LogP contribution in [0.2, 0.25) is 0 Å². The summed E-state index contributed by atoms with van der Waals surface area (Å²) < 4.78 is 5.78. The topological polar surface area (TPSA) is 67.4 Å². The van der Waals surface area contributed by atoms with E-state index >= 15 is 0 Å². The second kappa shape index (κ2) is 12.2. The van der Waals surface area contributed by atoms with Crippen molar-refractivity contribution in [3.63, 3.8) is 0 Å². The molecule has 0 aliphatic rings. The predicted molar refractivity (Wildman–Crippen MR) is 140 cm³/mol. The summed E-state index contributed by atoms with van der Waals surface area (Å²) in [5.74, 6) is 0.474. The Morgan fingerprint density at radius 1 is 0.600 bits per heavy atom. The van der Waals surface area contributed by atoms with Crippen LogP contribution in [0.25, 0.3) is 0 Å². The smallest absolute Gasteiger partial charge is 0.255 e. The van der Waals surface area contributed by atoms with Crippen molar-refractivity contribution < 1.29 is 14.3 Å². The Bertz CT molecular complexity index is 1220. The van der Waals surface area contributed by atoms with E-state index in [1.165, 1.54) is 5.56 Å². The molecule has 0 unspecified atom stereocenters. The molecule has 0 aliphatic carbocycles. The Morgan fingerprint density at radius 3 is 1.74 bits per heavy atom. The zero-order valence-corrected chi connectivity index (χ0v) is 19.4. The molecule has 176 valence electrons. The lowest BCUT2D eigenvalue weighted by molar-refractivity contribution is -0.116. The molecule has 0 radical (unpaired) electrons. The van der Waals surface area contributed by atoms with Gasteiger partial charge in [-0.15, -0.1) is 0 Å². The van der Waals surface area contributed by atoms with E-state index in [9.17, 15) is 9.59 Å². The molecule has 0 aliphatic heterocycles. The van der Waals surface area contributed by atoms with Crippen LogP contribution in [-0.2, 0) is 17.6 Å². The van der Waals surface area contributed by atoms with E-state index in [0.717, 1.165) is 17.7 Å². The van der Waals surface area contributed by atoms with E-state index in [1.807, 2.05) is 48.5 Å². The predicted octanol–water partition coefficient (Wildman–Crippen LogP) is 6.13. The van der Waals surface area contributed by atoms with E-state index in [1.54, 1.807) is 48.5 Å². The summed E-state index contributed by atoms with van der Waals surface area (Å²) in [7, 11) is 0. The van der Waals surface area contributed by atoms with Gasteiger partial charge in [-0.05, 0) is 66.1 Å². The highest BCUT2D eigenvalue weighted by Crippen LogP contribution is 2.17. The summed E-state index contributed by atoms with van der Waals surface area (Å²) in [6, 6.07) is 34.3. The standard InChI is InChI=1S/C30H28N2O3/c33-29(20-11-23-7-3-1-4-8-23)31-26-14-16-27(17-15-26)32-30(34)25-12-18-28(19-13-25)35-22-21-24-9-5-2-6-10-24/h1-10,12-19H,11,20-22H2,(H,31,33)(H,32,34). The van der Waals surface area contributed by atoms with Crippen molar-refractivity contribution in [2.75, 3.05) is 17.2 Å². The molecule has 0 spiro atoms. The number of amides is 2. The zero-order valence-electron chi connectivity index (χ0n) is 19.4. The van der Waals surface area contributed by atoms with Crippen LogP contribution in [0.1, 0.15) is 27.9 Å². The highest BCUT2D eigenvalue weighted by Gasteiger charge is 2.08. The molecular weight excluding hydrogens is 436 g/mol. The minimum atomic E-state index is -0.208. The largest absolute Gasteiger partial charge is 0.493 e. The minimum Gasteiger partial charge on any atom is -0.493 e. The summed E-state index contributed by atoms with van der Waals surface area (Å²) in [6.45, 7) is 0.574. The van der Waals surface area contributed by atoms with E-state index in [0.29, 0.717) is 36.4 Å². The van der Waals surface area contributed by atoms with E-state index in [4.69, 9.17) is 4.74 Å². The first-order chi connectivity index (χ1) is 17.2. The molecule has 0 saturated heterocycles. The maximum absolute atomic E-state index is 12.6. The lowest BCUT2D eigenvalue weighted by atomic mass is 10.1. The van der Waals surface area contributed by atoms with E-state index in [-0.39, 0.29) is 11.8 Å². The third-order valence-electron chi connectivity index (χ3n) is 5.53. The van der Waals surface area contributed by atoms with Crippen molar-refractivity contribution in [1.29, 1.82) is 0 Å². The molecule has 4 aromatic rings. The van der Waals surface area contributed by atoms with E-state index < -0.39 is 0 Å². The molecule has 0 atom stereocenters. The molecule has 0 heterocycles. The van der Waals surface area contributed by atoms with Gasteiger partial charge in [-0.1, -0.05) is 60.7 Å². The van der Waals surface area contributed by atoms with Gasteiger partial charge in [0.1, 0.15) is 5.75 Å². The normalized spacial score (nSPS) is 10.4. The summed E-state index contributed by atoms with van der Waals surface area (Å²) in [5.41, 5.74) is 4.24. The average Bonchev–Trinajstić information content (AvgIpc) is 2.90. The number of hydrogen-bond donors (Lipinski definition) is 2. The molecule has 4 rings (SSSR count). The average molecular weight is 465 g/mol. The van der Waals surface area contributed by atoms with Gasteiger partial charge in [0.05, 0.1) is 6.61 Å². The quantitative estimate of drug-likeness (QED) is 0.297. The summed E-state index contributed by atoms with van der Waals surface area (Å²) >= 11 is 0. The third kappa shape index (κ3) is 7.57. The van der Waals surface area contributed by atoms with Gasteiger partial charge in [-0.25, -0.2) is 0 Å². The van der Waals surface area contributed by atoms with Crippen LogP contribution < -0.4 is 15.4 Å². The highest BCUT2D eigenvalue weighted by molar-refractivity contribution is 6.04. The summed E-state index contributed by atoms with van der Waals surface area (Å²) in [5, 5.41) is 5.77. The minimum absolute atomic E-state index is 0.0447. The van der Waals surface area contributed by atoms with Gasteiger partial charge < -0.3 is 15.4 Å². The van der Waals surface area contributed by atoms with Crippen molar-refractivity contribution in [1.82, 2.24) is 0 Å². The van der Waals surface area contributed by atoms with Crippen molar-refractivity contribution >= 4 is 23.2 Å². The SMILES string of the molecule is O=C(CCc1ccccc1)Nc1ccc(NC(=O)c2ccc(OCCc3ccccc3)cc2)cc1. The lowest BCUT2D eigenvalue weighted by Crippen LogP contribution is -2.13. The van der Waals surface area contributed by atoms with Crippen LogP contribution in [0.5, 0.6) is 5.75 Å². The monoisotopic (exact) mass is 464 g/mol. The van der Waals surface area contributed by atoms with Crippen LogP contribution in [0, 0.1) is 0 Å². The van der Waals surface area contributed by atoms with Gasteiger partial charge in [0, 0.05) is 29.8 Å². The van der Waals surface area contributed by atoms with Crippen molar-refractivity contribution in [3.8, 4) is 5.75 Å². The molecule has 0 bridgehead atoms. The van der Waals surface area contributed by atoms with Gasteiger partial charge in [0.2, 0.25) is 5.91 Å². The zero-order chi connectivity index (χ0) is 24.3. The number of carbonyl (C=O) groups is 2. The molecule has 5 heteroatoms. The van der Waals surface area contributed by atoms with Gasteiger partial charge in [-0.3, -0.25) is 9.59 Å². The maximum atomic E-state index is 12.6. The van der Waals surface area contributed by atoms with E-state index in [2.05, 4.69) is 22.8 Å². The van der Waals surface area contributed by atoms with Crippen molar-refractivity contribution in [2.45, 2.75) is 19.3 Å². The molecule has 5 nitrogen and oxygen atoms in total. The molecule has 0 aromatic heterocycles. The van der Waals surface area contributed by atoms with Gasteiger partial charge in [-0.2, -0.15) is 0 Å². The van der Waals surface area contributed by atoms with Crippen molar-refractivity contribution in [3.05, 3.63) is 126 Å².